The summed E-state index contributed by atoms with van der Waals surface area (Å²) in [7, 11) is -4.46. The first-order valence-electron chi connectivity index (χ1n) is 10.00. The predicted octanol–water partition coefficient (Wildman–Crippen LogP) is 4.64. The maximum absolute atomic E-state index is 12.0. The van der Waals surface area contributed by atoms with E-state index in [4.69, 9.17) is 5.73 Å². The highest BCUT2D eigenvalue weighted by Crippen LogP contribution is 2.20. The highest BCUT2D eigenvalue weighted by atomic mass is 32.2. The molecule has 3 N–H and O–H groups in total. The molecule has 0 fully saturated rings. The van der Waals surface area contributed by atoms with Crippen molar-refractivity contribution in [2.45, 2.75) is 108 Å². The molecule has 0 amide bonds. The number of carbonyl (C=O) groups excluding carboxylic acids is 1. The third-order valence-electron chi connectivity index (χ3n) is 5.06. The van der Waals surface area contributed by atoms with Crippen LogP contribution in [0.15, 0.2) is 0 Å². The molecule has 6 heteroatoms. The number of hydrogen-bond acceptors (Lipinski definition) is 4. The van der Waals surface area contributed by atoms with Crippen molar-refractivity contribution >= 4 is 15.9 Å². The third kappa shape index (κ3) is 10.3. The highest BCUT2D eigenvalue weighted by molar-refractivity contribution is 7.88. The van der Waals surface area contributed by atoms with Crippen molar-refractivity contribution in [3.63, 3.8) is 0 Å². The van der Waals surface area contributed by atoms with Crippen molar-refractivity contribution in [2.24, 2.45) is 5.73 Å². The molecule has 0 spiro atoms. The molecule has 1 unspecified atom stereocenters. The number of nitrogens with two attached hydrogens (primary N) is 1. The van der Waals surface area contributed by atoms with Crippen LogP contribution in [0.1, 0.15) is 104 Å². The van der Waals surface area contributed by atoms with Gasteiger partial charge in [0.05, 0.1) is 0 Å². The quantitative estimate of drug-likeness (QED) is 0.284. The molecular formula is C19H39NO4S. The van der Waals surface area contributed by atoms with Gasteiger partial charge in [-0.3, -0.25) is 9.35 Å². The summed E-state index contributed by atoms with van der Waals surface area (Å²) in [4.78, 5) is 12.0. The summed E-state index contributed by atoms with van der Waals surface area (Å²) < 4.78 is 30.0. The van der Waals surface area contributed by atoms with E-state index in [-0.39, 0.29) is 13.0 Å². The van der Waals surface area contributed by atoms with Crippen LogP contribution < -0.4 is 5.73 Å². The van der Waals surface area contributed by atoms with Crippen LogP contribution >= 0.6 is 0 Å². The Kier molecular flexibility index (Phi) is 13.5. The molecule has 25 heavy (non-hydrogen) atoms. The highest BCUT2D eigenvalue weighted by Gasteiger charge is 2.43. The average Bonchev–Trinajstić information content (AvgIpc) is 2.56. The van der Waals surface area contributed by atoms with E-state index in [2.05, 4.69) is 6.92 Å². The van der Waals surface area contributed by atoms with E-state index in [1.54, 1.807) is 0 Å². The summed E-state index contributed by atoms with van der Waals surface area (Å²) in [6.07, 6.45) is 15.9. The Morgan fingerprint density at radius 2 is 1.20 bits per heavy atom. The summed E-state index contributed by atoms with van der Waals surface area (Å²) in [5.74, 6) is -0.486. The van der Waals surface area contributed by atoms with E-state index < -0.39 is 20.6 Å². The van der Waals surface area contributed by atoms with Gasteiger partial charge in [0.25, 0.3) is 10.1 Å². The van der Waals surface area contributed by atoms with Crippen LogP contribution in [0.2, 0.25) is 0 Å². The lowest BCUT2D eigenvalue weighted by molar-refractivity contribution is -0.121. The van der Waals surface area contributed by atoms with Crippen molar-refractivity contribution in [1.29, 1.82) is 0 Å². The Hall–Kier alpha value is -0.460. The first kappa shape index (κ1) is 24.5. The molecular weight excluding hydrogens is 338 g/mol. The van der Waals surface area contributed by atoms with E-state index >= 15 is 0 Å². The number of hydrogen-bond donors (Lipinski definition) is 2. The lowest BCUT2D eigenvalue weighted by atomic mass is 9.99. The molecule has 0 aromatic heterocycles. The number of Topliss-reactive ketones (excluding diaryl/α,β-unsaturated/α-hetero) is 1. The van der Waals surface area contributed by atoms with E-state index in [0.29, 0.717) is 6.42 Å². The maximum atomic E-state index is 12.0. The van der Waals surface area contributed by atoms with Crippen molar-refractivity contribution in [1.82, 2.24) is 0 Å². The van der Waals surface area contributed by atoms with Gasteiger partial charge in [-0.05, 0) is 13.3 Å². The minimum absolute atomic E-state index is 0.158. The number of carbonyl (C=O) groups is 1. The van der Waals surface area contributed by atoms with Gasteiger partial charge in [0.2, 0.25) is 0 Å². The Balaban J connectivity index is 3.60. The molecule has 0 saturated carbocycles. The standard InChI is InChI=1S/C19H39NO4S/c1-3-4-5-6-7-8-9-10-11-12-13-14-15-16-18(21)19(2,17-20)25(22,23)24/h3-17,20H2,1-2H3,(H,22,23,24). The zero-order valence-electron chi connectivity index (χ0n) is 16.3. The van der Waals surface area contributed by atoms with Gasteiger partial charge in [-0.2, -0.15) is 8.42 Å². The predicted molar refractivity (Wildman–Crippen MR) is 104 cm³/mol. The van der Waals surface area contributed by atoms with Gasteiger partial charge in [0.15, 0.2) is 10.5 Å². The minimum atomic E-state index is -4.46. The molecule has 0 aliphatic rings. The second-order valence-electron chi connectivity index (χ2n) is 7.33. The van der Waals surface area contributed by atoms with Crippen molar-refractivity contribution in [3.8, 4) is 0 Å². The summed E-state index contributed by atoms with van der Waals surface area (Å²) in [5.41, 5.74) is 5.38. The summed E-state index contributed by atoms with van der Waals surface area (Å²) >= 11 is 0. The normalized spacial score (nSPS) is 14.4. The molecule has 150 valence electrons. The van der Waals surface area contributed by atoms with E-state index in [1.165, 1.54) is 64.7 Å². The van der Waals surface area contributed by atoms with Crippen LogP contribution in [-0.2, 0) is 14.9 Å². The number of rotatable bonds is 17. The second-order valence-corrected chi connectivity index (χ2v) is 9.18. The van der Waals surface area contributed by atoms with Crippen LogP contribution in [0.5, 0.6) is 0 Å². The van der Waals surface area contributed by atoms with Crippen LogP contribution in [0, 0.1) is 0 Å². The van der Waals surface area contributed by atoms with Gasteiger partial charge < -0.3 is 5.73 Å². The number of unbranched alkanes of at least 4 members (excludes halogenated alkanes) is 12. The average molecular weight is 378 g/mol. The molecule has 0 aromatic rings. The first-order valence-corrected chi connectivity index (χ1v) is 11.4. The Morgan fingerprint density at radius 3 is 1.52 bits per heavy atom. The molecule has 0 aromatic carbocycles. The van der Waals surface area contributed by atoms with Crippen molar-refractivity contribution < 1.29 is 17.8 Å². The van der Waals surface area contributed by atoms with Crippen LogP contribution in [0.25, 0.3) is 0 Å². The first-order chi connectivity index (χ1) is 11.8. The lowest BCUT2D eigenvalue weighted by Crippen LogP contribution is -2.49. The molecule has 1 atom stereocenters. The van der Waals surface area contributed by atoms with Gasteiger partial charge in [-0.1, -0.05) is 84.0 Å². The molecule has 0 heterocycles. The lowest BCUT2D eigenvalue weighted by Gasteiger charge is -2.22. The third-order valence-corrected chi connectivity index (χ3v) is 6.59. The summed E-state index contributed by atoms with van der Waals surface area (Å²) in [5, 5.41) is 0. The molecule has 5 nitrogen and oxygen atoms in total. The molecule has 0 bridgehead atoms. The summed E-state index contributed by atoms with van der Waals surface area (Å²) in [6.45, 7) is 3.05. The van der Waals surface area contributed by atoms with Gasteiger partial charge in [-0.15, -0.1) is 0 Å². The Labute approximate surface area is 154 Å². The molecule has 0 aliphatic carbocycles. The largest absolute Gasteiger partial charge is 0.328 e. The monoisotopic (exact) mass is 377 g/mol. The minimum Gasteiger partial charge on any atom is -0.328 e. The van der Waals surface area contributed by atoms with Crippen LogP contribution in [0.3, 0.4) is 0 Å². The fourth-order valence-electron chi connectivity index (χ4n) is 2.93. The molecule has 0 aliphatic heterocycles. The fraction of sp³-hybridized carbons (Fsp3) is 0.947. The fourth-order valence-corrected chi connectivity index (χ4v) is 3.53. The van der Waals surface area contributed by atoms with Gasteiger partial charge in [0.1, 0.15) is 0 Å². The van der Waals surface area contributed by atoms with Crippen molar-refractivity contribution in [3.05, 3.63) is 0 Å². The van der Waals surface area contributed by atoms with E-state index in [1.807, 2.05) is 0 Å². The molecule has 0 saturated heterocycles. The number of ketones is 1. The van der Waals surface area contributed by atoms with Gasteiger partial charge in [-0.25, -0.2) is 0 Å². The Bertz CT molecular complexity index is 450. The zero-order chi connectivity index (χ0) is 19.2. The Morgan fingerprint density at radius 1 is 0.840 bits per heavy atom. The van der Waals surface area contributed by atoms with E-state index in [0.717, 1.165) is 19.3 Å². The van der Waals surface area contributed by atoms with Crippen LogP contribution in [0.4, 0.5) is 0 Å². The smallest absolute Gasteiger partial charge is 0.278 e. The second kappa shape index (κ2) is 13.7. The van der Waals surface area contributed by atoms with E-state index in [9.17, 15) is 17.8 Å². The molecule has 0 radical (unpaired) electrons. The topological polar surface area (TPSA) is 97.5 Å². The SMILES string of the molecule is CCCCCCCCCCCCCCCC(=O)C(C)(CN)S(=O)(=O)O. The van der Waals surface area contributed by atoms with Crippen molar-refractivity contribution in [2.75, 3.05) is 6.54 Å². The van der Waals surface area contributed by atoms with Gasteiger partial charge >= 0.3 is 0 Å². The van der Waals surface area contributed by atoms with Crippen LogP contribution in [-0.4, -0.2) is 30.0 Å². The maximum Gasteiger partial charge on any atom is 0.278 e. The molecule has 0 rings (SSSR count). The zero-order valence-corrected chi connectivity index (χ0v) is 17.1. The van der Waals surface area contributed by atoms with Gasteiger partial charge in [0, 0.05) is 13.0 Å². The summed E-state index contributed by atoms with van der Waals surface area (Å²) in [6, 6.07) is 0.